The third-order valence-electron chi connectivity index (χ3n) is 2.33. The molecule has 0 fully saturated rings. The Morgan fingerprint density at radius 2 is 1.56 bits per heavy atom. The van der Waals surface area contributed by atoms with Crippen molar-refractivity contribution in [3.8, 4) is 0 Å². The summed E-state index contributed by atoms with van der Waals surface area (Å²) in [6, 6.07) is 15.7. The maximum Gasteiger partial charge on any atom is 0.238 e. The first-order valence-corrected chi connectivity index (χ1v) is 6.82. The minimum atomic E-state index is -3.64. The largest absolute Gasteiger partial charge is 0.256 e. The van der Waals surface area contributed by atoms with Gasteiger partial charge in [-0.25, -0.2) is 13.6 Å². The van der Waals surface area contributed by atoms with Crippen molar-refractivity contribution in [1.82, 2.24) is 0 Å². The van der Waals surface area contributed by atoms with Gasteiger partial charge in [-0.15, -0.1) is 0 Å². The maximum absolute atomic E-state index is 11.1. The summed E-state index contributed by atoms with van der Waals surface area (Å²) < 4.78 is 22.1. The summed E-state index contributed by atoms with van der Waals surface area (Å²) in [6.45, 7) is 0. The molecular weight excluding hydrogens is 248 g/mol. The lowest BCUT2D eigenvalue weighted by Crippen LogP contribution is -2.11. The Morgan fingerprint density at radius 1 is 0.944 bits per heavy atom. The van der Waals surface area contributed by atoms with Crippen LogP contribution >= 0.6 is 0 Å². The zero-order valence-electron chi connectivity index (χ0n) is 9.52. The molecule has 0 saturated carbocycles. The molecule has 5 heteroatoms. The van der Waals surface area contributed by atoms with Crippen LogP contribution in [0.5, 0.6) is 0 Å². The van der Waals surface area contributed by atoms with E-state index in [1.54, 1.807) is 18.3 Å². The number of benzene rings is 2. The first kappa shape index (κ1) is 12.5. The SMILES string of the molecule is NS(=O)(=O)c1ccc(N=Cc2ccccc2)cc1. The molecule has 0 heterocycles. The molecular formula is C13H12N2O2S. The van der Waals surface area contributed by atoms with E-state index in [2.05, 4.69) is 4.99 Å². The number of hydrogen-bond donors (Lipinski definition) is 1. The quantitative estimate of drug-likeness (QED) is 0.858. The summed E-state index contributed by atoms with van der Waals surface area (Å²) in [7, 11) is -3.64. The number of hydrogen-bond acceptors (Lipinski definition) is 3. The van der Waals surface area contributed by atoms with Crippen LogP contribution in [0.4, 0.5) is 5.69 Å². The monoisotopic (exact) mass is 260 g/mol. The molecule has 0 amide bonds. The molecule has 0 radical (unpaired) electrons. The Morgan fingerprint density at radius 3 is 2.11 bits per heavy atom. The predicted octanol–water partition coefficient (Wildman–Crippen LogP) is 2.08. The summed E-state index contributed by atoms with van der Waals surface area (Å²) in [6.07, 6.45) is 1.71. The molecule has 0 aliphatic carbocycles. The van der Waals surface area contributed by atoms with E-state index in [0.29, 0.717) is 5.69 Å². The van der Waals surface area contributed by atoms with E-state index in [-0.39, 0.29) is 4.90 Å². The smallest absolute Gasteiger partial charge is 0.238 e. The standard InChI is InChI=1S/C13H12N2O2S/c14-18(16,17)13-8-6-12(7-9-13)15-10-11-4-2-1-3-5-11/h1-10H,(H2,14,16,17). The first-order valence-electron chi connectivity index (χ1n) is 5.28. The van der Waals surface area contributed by atoms with Gasteiger partial charge in [-0.3, -0.25) is 4.99 Å². The number of rotatable bonds is 3. The van der Waals surface area contributed by atoms with E-state index in [1.165, 1.54) is 12.1 Å². The van der Waals surface area contributed by atoms with Crippen molar-refractivity contribution in [3.05, 3.63) is 60.2 Å². The van der Waals surface area contributed by atoms with E-state index >= 15 is 0 Å². The predicted molar refractivity (Wildman–Crippen MR) is 71.5 cm³/mol. The van der Waals surface area contributed by atoms with E-state index < -0.39 is 10.0 Å². The third kappa shape index (κ3) is 3.26. The molecule has 4 nitrogen and oxygen atoms in total. The molecule has 0 saturated heterocycles. The number of sulfonamides is 1. The van der Waals surface area contributed by atoms with Gasteiger partial charge in [-0.1, -0.05) is 30.3 Å². The summed E-state index contributed by atoms with van der Waals surface area (Å²) >= 11 is 0. The normalized spacial score (nSPS) is 11.8. The second-order valence-corrected chi connectivity index (χ2v) is 5.27. The van der Waals surface area contributed by atoms with Gasteiger partial charge in [0.2, 0.25) is 10.0 Å². The zero-order valence-corrected chi connectivity index (χ0v) is 10.3. The molecule has 0 aliphatic heterocycles. The molecule has 2 N–H and O–H groups in total. The van der Waals surface area contributed by atoms with E-state index in [0.717, 1.165) is 5.56 Å². The Kier molecular flexibility index (Phi) is 3.55. The Bertz CT molecular complexity index is 647. The van der Waals surface area contributed by atoms with Gasteiger partial charge in [-0.2, -0.15) is 0 Å². The first-order chi connectivity index (χ1) is 8.55. The summed E-state index contributed by atoms with van der Waals surface area (Å²) in [5, 5.41) is 5.01. The Hall–Kier alpha value is -1.98. The highest BCUT2D eigenvalue weighted by molar-refractivity contribution is 7.89. The van der Waals surface area contributed by atoms with Crippen molar-refractivity contribution in [2.75, 3.05) is 0 Å². The van der Waals surface area contributed by atoms with Crippen LogP contribution in [0.25, 0.3) is 0 Å². The van der Waals surface area contributed by atoms with Gasteiger partial charge in [0.05, 0.1) is 10.6 Å². The van der Waals surface area contributed by atoms with Gasteiger partial charge in [0.15, 0.2) is 0 Å². The van der Waals surface area contributed by atoms with E-state index in [9.17, 15) is 8.42 Å². The average molecular weight is 260 g/mol. The maximum atomic E-state index is 11.1. The Labute approximate surface area is 106 Å². The average Bonchev–Trinajstić information content (AvgIpc) is 2.37. The minimum absolute atomic E-state index is 0.0844. The molecule has 2 rings (SSSR count). The fourth-order valence-corrected chi connectivity index (χ4v) is 1.93. The molecule has 0 atom stereocenters. The highest BCUT2D eigenvalue weighted by atomic mass is 32.2. The second kappa shape index (κ2) is 5.12. The van der Waals surface area contributed by atoms with Crippen molar-refractivity contribution in [2.45, 2.75) is 4.90 Å². The number of nitrogens with two attached hydrogens (primary N) is 1. The van der Waals surface area contributed by atoms with Crippen LogP contribution < -0.4 is 5.14 Å². The topological polar surface area (TPSA) is 72.5 Å². The molecule has 2 aromatic carbocycles. The summed E-state index contributed by atoms with van der Waals surface area (Å²) in [4.78, 5) is 4.32. The molecule has 92 valence electrons. The second-order valence-electron chi connectivity index (χ2n) is 3.71. The molecule has 18 heavy (non-hydrogen) atoms. The van der Waals surface area contributed by atoms with Crippen LogP contribution in [0, 0.1) is 0 Å². The molecule has 0 aliphatic rings. The van der Waals surface area contributed by atoms with Gasteiger partial charge in [0.1, 0.15) is 0 Å². The minimum Gasteiger partial charge on any atom is -0.256 e. The molecule has 2 aromatic rings. The van der Waals surface area contributed by atoms with Crippen molar-refractivity contribution in [2.24, 2.45) is 10.1 Å². The number of aliphatic imine (C=N–C) groups is 1. The van der Waals surface area contributed by atoms with Crippen molar-refractivity contribution >= 4 is 21.9 Å². The summed E-state index contributed by atoms with van der Waals surface area (Å²) in [5.41, 5.74) is 1.65. The molecule has 0 aromatic heterocycles. The van der Waals surface area contributed by atoms with E-state index in [4.69, 9.17) is 5.14 Å². The highest BCUT2D eigenvalue weighted by Crippen LogP contribution is 2.15. The van der Waals surface area contributed by atoms with Gasteiger partial charge >= 0.3 is 0 Å². The van der Waals surface area contributed by atoms with E-state index in [1.807, 2.05) is 30.3 Å². The van der Waals surface area contributed by atoms with Crippen LogP contribution in [0.1, 0.15) is 5.56 Å². The fraction of sp³-hybridized carbons (Fsp3) is 0. The van der Waals surface area contributed by atoms with Crippen LogP contribution in [-0.2, 0) is 10.0 Å². The Balaban J connectivity index is 2.19. The molecule has 0 unspecified atom stereocenters. The van der Waals surface area contributed by atoms with Gasteiger partial charge in [0.25, 0.3) is 0 Å². The number of primary sulfonamides is 1. The van der Waals surface area contributed by atoms with Crippen LogP contribution in [0.15, 0.2) is 64.5 Å². The summed E-state index contributed by atoms with van der Waals surface area (Å²) in [5.74, 6) is 0. The lowest BCUT2D eigenvalue weighted by molar-refractivity contribution is 0.598. The van der Waals surface area contributed by atoms with Crippen molar-refractivity contribution in [1.29, 1.82) is 0 Å². The lowest BCUT2D eigenvalue weighted by atomic mass is 10.2. The van der Waals surface area contributed by atoms with Gasteiger partial charge in [-0.05, 0) is 29.8 Å². The number of nitrogens with zero attached hydrogens (tertiary/aromatic N) is 1. The van der Waals surface area contributed by atoms with Crippen LogP contribution in [-0.4, -0.2) is 14.6 Å². The molecule has 0 bridgehead atoms. The fourth-order valence-electron chi connectivity index (χ4n) is 1.41. The van der Waals surface area contributed by atoms with Crippen molar-refractivity contribution < 1.29 is 8.42 Å². The van der Waals surface area contributed by atoms with Gasteiger partial charge in [0, 0.05) is 6.21 Å². The van der Waals surface area contributed by atoms with Crippen LogP contribution in [0.2, 0.25) is 0 Å². The molecule has 0 spiro atoms. The zero-order chi connectivity index (χ0) is 13.0. The third-order valence-corrected chi connectivity index (χ3v) is 3.26. The van der Waals surface area contributed by atoms with Gasteiger partial charge < -0.3 is 0 Å². The van der Waals surface area contributed by atoms with Crippen LogP contribution in [0.3, 0.4) is 0 Å². The van der Waals surface area contributed by atoms with Crippen molar-refractivity contribution in [3.63, 3.8) is 0 Å². The lowest BCUT2D eigenvalue weighted by Gasteiger charge is -1.98. The highest BCUT2D eigenvalue weighted by Gasteiger charge is 2.05.